The van der Waals surface area contributed by atoms with E-state index in [2.05, 4.69) is 0 Å². The number of carbonyl (C=O) groups is 4. The van der Waals surface area contributed by atoms with Crippen LogP contribution < -0.4 is 22.1 Å². The quantitative estimate of drug-likeness (QED) is 0.265. The summed E-state index contributed by atoms with van der Waals surface area (Å²) in [5, 5.41) is 0.769. The van der Waals surface area contributed by atoms with Crippen LogP contribution in [0.1, 0.15) is 55.4 Å². The van der Waals surface area contributed by atoms with Gasteiger partial charge in [0.2, 0.25) is 0 Å². The van der Waals surface area contributed by atoms with Crippen LogP contribution in [0.4, 0.5) is 45.1 Å². The number of hydrogen-bond donors (Lipinski definition) is 4. The second-order valence-electron chi connectivity index (χ2n) is 8.32. The van der Waals surface area contributed by atoms with E-state index in [0.29, 0.717) is 22.7 Å². The van der Waals surface area contributed by atoms with Crippen molar-refractivity contribution in [1.82, 2.24) is 0 Å². The molecule has 0 fully saturated rings. The number of aryl methyl sites for hydroxylation is 2. The number of rotatable bonds is 11. The molecular formula is C22H22F8N4O4S2. The van der Waals surface area contributed by atoms with E-state index in [9.17, 15) is 54.3 Å². The number of hydrogen-bond acceptors (Lipinski definition) is 6. The SMILES string of the molecule is CCc1c(C)sc(NC(=O)C(F)(F)C(F)(F)C(F)(F)C(F)(F)C(=O)Nc2sc(C)c(CC)c2C(N)=O)c1C(N)=O. The molecule has 0 aliphatic heterocycles. The molecule has 0 spiro atoms. The Labute approximate surface area is 229 Å². The summed E-state index contributed by atoms with van der Waals surface area (Å²) in [6.07, 6.45) is 0.146. The van der Waals surface area contributed by atoms with Crippen molar-refractivity contribution in [3.05, 3.63) is 32.0 Å². The fourth-order valence-electron chi connectivity index (χ4n) is 3.75. The van der Waals surface area contributed by atoms with Gasteiger partial charge in [-0.05, 0) is 37.8 Å². The first-order chi connectivity index (χ1) is 18.1. The molecule has 0 saturated heterocycles. The van der Waals surface area contributed by atoms with Crippen LogP contribution in [0.25, 0.3) is 0 Å². The summed E-state index contributed by atoms with van der Waals surface area (Å²) in [6.45, 7) is 5.70. The first-order valence-electron chi connectivity index (χ1n) is 11.1. The van der Waals surface area contributed by atoms with Crippen LogP contribution in [0, 0.1) is 13.8 Å². The standard InChI is InChI=1S/C22H22F8N4O4S2/c1-5-9-7(3)39-15(11(9)13(31)35)33-17(37)19(23,24)21(27,28)22(29,30)20(25,26)18(38)34-16-12(14(32)36)10(6-2)8(4)40-16/h5-6H2,1-4H3,(H2,31,35)(H2,32,36)(H,33,37)(H,34,38). The van der Waals surface area contributed by atoms with Crippen LogP contribution in [0.3, 0.4) is 0 Å². The van der Waals surface area contributed by atoms with Crippen LogP contribution in [-0.2, 0) is 22.4 Å². The lowest BCUT2D eigenvalue weighted by molar-refractivity contribution is -0.345. The van der Waals surface area contributed by atoms with Gasteiger partial charge in [-0.2, -0.15) is 35.1 Å². The highest BCUT2D eigenvalue weighted by atomic mass is 32.1. The molecular weight excluding hydrogens is 600 g/mol. The molecule has 222 valence electrons. The normalized spacial score (nSPS) is 12.8. The van der Waals surface area contributed by atoms with Gasteiger partial charge in [0.25, 0.3) is 11.8 Å². The summed E-state index contributed by atoms with van der Waals surface area (Å²) in [7, 11) is 0. The molecule has 40 heavy (non-hydrogen) atoms. The lowest BCUT2D eigenvalue weighted by Crippen LogP contribution is -2.67. The van der Waals surface area contributed by atoms with E-state index in [4.69, 9.17) is 11.5 Å². The van der Waals surface area contributed by atoms with Gasteiger partial charge in [-0.25, -0.2) is 0 Å². The second-order valence-corrected chi connectivity index (χ2v) is 10.8. The van der Waals surface area contributed by atoms with Gasteiger partial charge >= 0.3 is 35.5 Å². The Kier molecular flexibility index (Phi) is 9.01. The number of alkyl halides is 8. The minimum Gasteiger partial charge on any atom is -0.365 e. The third-order valence-electron chi connectivity index (χ3n) is 5.83. The number of nitrogens with two attached hydrogens (primary N) is 2. The molecule has 0 aliphatic carbocycles. The molecule has 0 bridgehead atoms. The first-order valence-corrected chi connectivity index (χ1v) is 12.7. The van der Waals surface area contributed by atoms with Crippen LogP contribution in [0.5, 0.6) is 0 Å². The molecule has 2 heterocycles. The molecule has 8 nitrogen and oxygen atoms in total. The van der Waals surface area contributed by atoms with Gasteiger partial charge in [0.1, 0.15) is 10.0 Å². The van der Waals surface area contributed by atoms with E-state index in [-0.39, 0.29) is 33.7 Å². The van der Waals surface area contributed by atoms with E-state index in [1.54, 1.807) is 0 Å². The Morgan fingerprint density at radius 3 is 1.15 bits per heavy atom. The van der Waals surface area contributed by atoms with Crippen molar-refractivity contribution in [3.8, 4) is 0 Å². The predicted octanol–water partition coefficient (Wildman–Crippen LogP) is 4.87. The molecule has 0 radical (unpaired) electrons. The molecule has 18 heteroatoms. The zero-order chi connectivity index (χ0) is 31.2. The minimum absolute atomic E-state index is 0.0728. The lowest BCUT2D eigenvalue weighted by atomic mass is 9.97. The summed E-state index contributed by atoms with van der Waals surface area (Å²) >= 11 is 0.859. The van der Waals surface area contributed by atoms with Gasteiger partial charge in [0.05, 0.1) is 11.1 Å². The van der Waals surface area contributed by atoms with Crippen LogP contribution >= 0.6 is 22.7 Å². The molecule has 0 aliphatic rings. The number of amides is 4. The van der Waals surface area contributed by atoms with Crippen molar-refractivity contribution in [2.24, 2.45) is 11.5 Å². The Bertz CT molecular complexity index is 1270. The zero-order valence-corrected chi connectivity index (χ0v) is 22.7. The molecule has 2 aromatic rings. The highest BCUT2D eigenvalue weighted by Crippen LogP contribution is 2.53. The number of anilines is 2. The van der Waals surface area contributed by atoms with Gasteiger partial charge < -0.3 is 22.1 Å². The van der Waals surface area contributed by atoms with Crippen LogP contribution in [-0.4, -0.2) is 47.3 Å². The third kappa shape index (κ3) is 5.13. The average molecular weight is 623 g/mol. The molecule has 0 aromatic carbocycles. The maximum Gasteiger partial charge on any atom is 0.393 e. The lowest BCUT2D eigenvalue weighted by Gasteiger charge is -2.35. The third-order valence-corrected chi connectivity index (χ3v) is 7.95. The Morgan fingerprint density at radius 2 is 0.925 bits per heavy atom. The van der Waals surface area contributed by atoms with Crippen molar-refractivity contribution in [3.63, 3.8) is 0 Å². The maximum atomic E-state index is 14.5. The van der Waals surface area contributed by atoms with E-state index >= 15 is 0 Å². The van der Waals surface area contributed by atoms with Gasteiger partial charge in [-0.15, -0.1) is 22.7 Å². The Hall–Kier alpha value is -3.28. The van der Waals surface area contributed by atoms with Gasteiger partial charge in [-0.3, -0.25) is 19.2 Å². The average Bonchev–Trinajstić information content (AvgIpc) is 3.32. The number of halogens is 8. The smallest absolute Gasteiger partial charge is 0.365 e. The van der Waals surface area contributed by atoms with E-state index in [1.807, 2.05) is 0 Å². The molecule has 0 unspecified atom stereocenters. The molecule has 0 atom stereocenters. The van der Waals surface area contributed by atoms with E-state index in [0.717, 1.165) is 0 Å². The van der Waals surface area contributed by atoms with Crippen molar-refractivity contribution < 1.29 is 54.3 Å². The molecule has 2 rings (SSSR count). The van der Waals surface area contributed by atoms with Crippen molar-refractivity contribution in [2.75, 3.05) is 10.6 Å². The fourth-order valence-corrected chi connectivity index (χ4v) is 6.04. The number of carbonyl (C=O) groups excluding carboxylic acids is 4. The van der Waals surface area contributed by atoms with Gasteiger partial charge in [-0.1, -0.05) is 13.8 Å². The monoisotopic (exact) mass is 622 g/mol. The summed E-state index contributed by atoms with van der Waals surface area (Å²) in [6, 6.07) is 0. The molecule has 4 amide bonds. The largest absolute Gasteiger partial charge is 0.393 e. The van der Waals surface area contributed by atoms with Crippen LogP contribution in [0.2, 0.25) is 0 Å². The minimum atomic E-state index is -7.16. The van der Waals surface area contributed by atoms with Crippen molar-refractivity contribution >= 4 is 56.3 Å². The highest BCUT2D eigenvalue weighted by Gasteiger charge is 2.84. The molecule has 2 aromatic heterocycles. The topological polar surface area (TPSA) is 144 Å². The summed E-state index contributed by atoms with van der Waals surface area (Å²) in [4.78, 5) is 48.1. The van der Waals surface area contributed by atoms with Gasteiger partial charge in [0, 0.05) is 9.75 Å². The zero-order valence-electron chi connectivity index (χ0n) is 21.0. The first kappa shape index (κ1) is 32.9. The number of thiophene rings is 2. The van der Waals surface area contributed by atoms with Crippen LogP contribution in [0.15, 0.2) is 0 Å². The van der Waals surface area contributed by atoms with Crippen molar-refractivity contribution in [2.45, 2.75) is 64.2 Å². The number of primary amides is 2. The fraction of sp³-hybridized carbons (Fsp3) is 0.455. The van der Waals surface area contributed by atoms with Crippen molar-refractivity contribution in [1.29, 1.82) is 0 Å². The summed E-state index contributed by atoms with van der Waals surface area (Å²) < 4.78 is 116. The Balaban J connectivity index is 2.47. The molecule has 0 saturated carbocycles. The maximum absolute atomic E-state index is 14.5. The van der Waals surface area contributed by atoms with Gasteiger partial charge in [0.15, 0.2) is 0 Å². The highest BCUT2D eigenvalue weighted by molar-refractivity contribution is 7.17. The summed E-state index contributed by atoms with van der Waals surface area (Å²) in [5.74, 6) is -36.3. The second kappa shape index (κ2) is 10.9. The summed E-state index contributed by atoms with van der Waals surface area (Å²) in [5.41, 5.74) is 9.44. The predicted molar refractivity (Wildman–Crippen MR) is 131 cm³/mol. The molecule has 6 N–H and O–H groups in total. The Morgan fingerprint density at radius 1 is 0.650 bits per heavy atom. The number of nitrogens with one attached hydrogen (secondary N) is 2. The van der Waals surface area contributed by atoms with E-state index in [1.165, 1.54) is 38.3 Å². The van der Waals surface area contributed by atoms with E-state index < -0.39 is 68.4 Å².